The van der Waals surface area contributed by atoms with Crippen molar-refractivity contribution in [3.05, 3.63) is 54.1 Å². The minimum Gasteiger partial charge on any atom is -0.497 e. The van der Waals surface area contributed by atoms with Crippen LogP contribution in [0, 0.1) is 0 Å². The highest BCUT2D eigenvalue weighted by Crippen LogP contribution is 2.29. The fourth-order valence-corrected chi connectivity index (χ4v) is 2.84. The monoisotopic (exact) mass is 287 g/mol. The van der Waals surface area contributed by atoms with Gasteiger partial charge in [-0.3, -0.25) is 0 Å². The van der Waals surface area contributed by atoms with Crippen LogP contribution >= 0.6 is 11.8 Å². The van der Waals surface area contributed by atoms with Gasteiger partial charge < -0.3 is 10.1 Å². The van der Waals surface area contributed by atoms with E-state index in [1.165, 1.54) is 15.4 Å². The van der Waals surface area contributed by atoms with E-state index in [0.717, 1.165) is 12.3 Å². The fourth-order valence-electron chi connectivity index (χ4n) is 2.03. The lowest BCUT2D eigenvalue weighted by molar-refractivity contribution is 0.414. The lowest BCUT2D eigenvalue weighted by atomic mass is 10.1. The SMILES string of the molecule is CCNC(C)c1ccc(Sc2ccc(OC)cc2)cc1. The van der Waals surface area contributed by atoms with Crippen LogP contribution in [0.15, 0.2) is 58.3 Å². The maximum atomic E-state index is 5.17. The van der Waals surface area contributed by atoms with E-state index in [0.29, 0.717) is 6.04 Å². The Bertz CT molecular complexity index is 522. The summed E-state index contributed by atoms with van der Waals surface area (Å²) in [6.07, 6.45) is 0. The van der Waals surface area contributed by atoms with Gasteiger partial charge in [-0.25, -0.2) is 0 Å². The maximum absolute atomic E-state index is 5.17. The van der Waals surface area contributed by atoms with Gasteiger partial charge in [0.05, 0.1) is 7.11 Å². The van der Waals surface area contributed by atoms with Crippen LogP contribution in [0.2, 0.25) is 0 Å². The molecule has 0 aliphatic carbocycles. The van der Waals surface area contributed by atoms with Crippen molar-refractivity contribution in [3.8, 4) is 5.75 Å². The number of hydrogen-bond donors (Lipinski definition) is 1. The van der Waals surface area contributed by atoms with Gasteiger partial charge in [-0.1, -0.05) is 30.8 Å². The molecular weight excluding hydrogens is 266 g/mol. The Balaban J connectivity index is 2.02. The molecule has 0 aliphatic heterocycles. The van der Waals surface area contributed by atoms with Gasteiger partial charge >= 0.3 is 0 Å². The third-order valence-corrected chi connectivity index (χ3v) is 4.20. The van der Waals surface area contributed by atoms with E-state index >= 15 is 0 Å². The van der Waals surface area contributed by atoms with E-state index in [1.54, 1.807) is 18.9 Å². The molecule has 0 heterocycles. The van der Waals surface area contributed by atoms with Gasteiger partial charge in [0.25, 0.3) is 0 Å². The van der Waals surface area contributed by atoms with Crippen molar-refractivity contribution >= 4 is 11.8 Å². The summed E-state index contributed by atoms with van der Waals surface area (Å²) < 4.78 is 5.17. The first kappa shape index (κ1) is 14.9. The van der Waals surface area contributed by atoms with Gasteiger partial charge in [0, 0.05) is 15.8 Å². The molecule has 0 radical (unpaired) electrons. The Kier molecular flexibility index (Phi) is 5.50. The third kappa shape index (κ3) is 4.02. The quantitative estimate of drug-likeness (QED) is 0.844. The molecule has 0 aromatic heterocycles. The highest BCUT2D eigenvalue weighted by Gasteiger charge is 2.04. The zero-order valence-electron chi connectivity index (χ0n) is 12.2. The lowest BCUT2D eigenvalue weighted by Crippen LogP contribution is -2.17. The molecule has 1 N–H and O–H groups in total. The van der Waals surface area contributed by atoms with Gasteiger partial charge in [-0.15, -0.1) is 0 Å². The molecule has 2 aromatic rings. The molecule has 1 atom stereocenters. The fraction of sp³-hybridized carbons (Fsp3) is 0.294. The van der Waals surface area contributed by atoms with Crippen LogP contribution in [-0.4, -0.2) is 13.7 Å². The summed E-state index contributed by atoms with van der Waals surface area (Å²) >= 11 is 1.76. The van der Waals surface area contributed by atoms with Gasteiger partial charge in [0.2, 0.25) is 0 Å². The minimum absolute atomic E-state index is 0.403. The molecule has 0 fully saturated rings. The normalized spacial score (nSPS) is 12.2. The predicted molar refractivity (Wildman–Crippen MR) is 85.7 cm³/mol. The summed E-state index contributed by atoms with van der Waals surface area (Å²) in [5.74, 6) is 0.893. The summed E-state index contributed by atoms with van der Waals surface area (Å²) in [4.78, 5) is 2.47. The van der Waals surface area contributed by atoms with Gasteiger partial charge in [-0.05, 0) is 55.4 Å². The van der Waals surface area contributed by atoms with Crippen LogP contribution in [0.1, 0.15) is 25.5 Å². The highest BCUT2D eigenvalue weighted by atomic mass is 32.2. The van der Waals surface area contributed by atoms with Gasteiger partial charge in [-0.2, -0.15) is 0 Å². The van der Waals surface area contributed by atoms with Crippen molar-refractivity contribution in [2.24, 2.45) is 0 Å². The zero-order valence-corrected chi connectivity index (χ0v) is 13.0. The molecule has 0 aliphatic rings. The highest BCUT2D eigenvalue weighted by molar-refractivity contribution is 7.99. The summed E-state index contributed by atoms with van der Waals surface area (Å²) in [5, 5.41) is 3.42. The van der Waals surface area contributed by atoms with Gasteiger partial charge in [0.1, 0.15) is 5.75 Å². The van der Waals surface area contributed by atoms with Crippen molar-refractivity contribution in [3.63, 3.8) is 0 Å². The van der Waals surface area contributed by atoms with E-state index in [-0.39, 0.29) is 0 Å². The lowest BCUT2D eigenvalue weighted by Gasteiger charge is -2.13. The minimum atomic E-state index is 0.403. The van der Waals surface area contributed by atoms with Crippen LogP contribution in [-0.2, 0) is 0 Å². The van der Waals surface area contributed by atoms with E-state index in [9.17, 15) is 0 Å². The number of nitrogens with one attached hydrogen (secondary N) is 1. The van der Waals surface area contributed by atoms with Crippen molar-refractivity contribution < 1.29 is 4.74 Å². The molecule has 20 heavy (non-hydrogen) atoms. The molecule has 0 saturated heterocycles. The molecule has 3 heteroatoms. The molecule has 0 bridgehead atoms. The molecule has 0 saturated carbocycles. The number of benzene rings is 2. The van der Waals surface area contributed by atoms with E-state index in [4.69, 9.17) is 4.74 Å². The Morgan fingerprint density at radius 1 is 1.00 bits per heavy atom. The first-order valence-corrected chi connectivity index (χ1v) is 7.70. The maximum Gasteiger partial charge on any atom is 0.118 e. The van der Waals surface area contributed by atoms with E-state index in [2.05, 4.69) is 55.6 Å². The molecule has 2 rings (SSSR count). The Labute approximate surface area is 125 Å². The Morgan fingerprint density at radius 2 is 1.55 bits per heavy atom. The first-order chi connectivity index (χ1) is 9.72. The number of methoxy groups -OCH3 is 1. The average Bonchev–Trinajstić information content (AvgIpc) is 2.49. The predicted octanol–water partition coefficient (Wildman–Crippen LogP) is 4.52. The molecule has 2 nitrogen and oxygen atoms in total. The molecule has 0 spiro atoms. The van der Waals surface area contributed by atoms with Crippen LogP contribution in [0.5, 0.6) is 5.75 Å². The second-order valence-corrected chi connectivity index (χ2v) is 5.77. The summed E-state index contributed by atoms with van der Waals surface area (Å²) in [6.45, 7) is 5.31. The summed E-state index contributed by atoms with van der Waals surface area (Å²) in [6, 6.07) is 17.3. The van der Waals surface area contributed by atoms with E-state index < -0.39 is 0 Å². The molecular formula is C17H21NOS. The topological polar surface area (TPSA) is 21.3 Å². The van der Waals surface area contributed by atoms with Crippen molar-refractivity contribution in [1.29, 1.82) is 0 Å². The number of rotatable bonds is 6. The number of hydrogen-bond acceptors (Lipinski definition) is 3. The molecule has 106 valence electrons. The van der Waals surface area contributed by atoms with Crippen LogP contribution in [0.4, 0.5) is 0 Å². The van der Waals surface area contributed by atoms with E-state index in [1.807, 2.05) is 12.1 Å². The van der Waals surface area contributed by atoms with Crippen LogP contribution in [0.3, 0.4) is 0 Å². The Hall–Kier alpha value is -1.45. The van der Waals surface area contributed by atoms with Crippen LogP contribution in [0.25, 0.3) is 0 Å². The molecule has 2 aromatic carbocycles. The first-order valence-electron chi connectivity index (χ1n) is 6.88. The van der Waals surface area contributed by atoms with Crippen molar-refractivity contribution in [1.82, 2.24) is 5.32 Å². The van der Waals surface area contributed by atoms with Crippen molar-refractivity contribution in [2.75, 3.05) is 13.7 Å². The molecule has 0 amide bonds. The summed E-state index contributed by atoms with van der Waals surface area (Å²) in [7, 11) is 1.69. The zero-order chi connectivity index (χ0) is 14.4. The standard InChI is InChI=1S/C17H21NOS/c1-4-18-13(2)14-5-9-16(10-6-14)20-17-11-7-15(19-3)8-12-17/h5-13,18H,4H2,1-3H3. The smallest absolute Gasteiger partial charge is 0.118 e. The second-order valence-electron chi connectivity index (χ2n) is 4.63. The average molecular weight is 287 g/mol. The third-order valence-electron chi connectivity index (χ3n) is 3.19. The largest absolute Gasteiger partial charge is 0.497 e. The van der Waals surface area contributed by atoms with Gasteiger partial charge in [0.15, 0.2) is 0 Å². The van der Waals surface area contributed by atoms with Crippen LogP contribution < -0.4 is 10.1 Å². The molecule has 1 unspecified atom stereocenters. The Morgan fingerprint density at radius 3 is 2.05 bits per heavy atom. The second kappa shape index (κ2) is 7.36. The van der Waals surface area contributed by atoms with Crippen molar-refractivity contribution in [2.45, 2.75) is 29.7 Å². The number of ether oxygens (including phenoxy) is 1. The summed E-state index contributed by atoms with van der Waals surface area (Å²) in [5.41, 5.74) is 1.32.